The number of methoxy groups -OCH3 is 1. The van der Waals surface area contributed by atoms with Crippen LogP contribution in [-0.2, 0) is 22.7 Å². The van der Waals surface area contributed by atoms with Gasteiger partial charge in [0.15, 0.2) is 0 Å². The quantitative estimate of drug-likeness (QED) is 0.760. The molecule has 1 rings (SSSR count). The lowest BCUT2D eigenvalue weighted by Gasteiger charge is -2.09. The maximum absolute atomic E-state index is 11.4. The van der Waals surface area contributed by atoms with Gasteiger partial charge in [0.2, 0.25) is 5.91 Å². The van der Waals surface area contributed by atoms with Crippen molar-refractivity contribution in [1.29, 1.82) is 0 Å². The Bertz CT molecular complexity index is 355. The number of carbonyl (C=O) groups is 1. The summed E-state index contributed by atoms with van der Waals surface area (Å²) in [6, 6.07) is 7.92. The lowest BCUT2D eigenvalue weighted by Crippen LogP contribution is -2.23. The van der Waals surface area contributed by atoms with E-state index in [0.717, 1.165) is 11.1 Å². The highest BCUT2D eigenvalue weighted by Crippen LogP contribution is 2.09. The SMILES string of the molecule is COCc1ccccc1CNC(=O)CCCCl. The molecule has 0 bridgehead atoms. The van der Waals surface area contributed by atoms with Gasteiger partial charge >= 0.3 is 0 Å². The van der Waals surface area contributed by atoms with E-state index in [1.54, 1.807) is 7.11 Å². The Morgan fingerprint density at radius 2 is 2.06 bits per heavy atom. The Hall–Kier alpha value is -1.06. The zero-order chi connectivity index (χ0) is 12.5. The van der Waals surface area contributed by atoms with Crippen molar-refractivity contribution in [2.45, 2.75) is 26.0 Å². The Morgan fingerprint density at radius 1 is 1.35 bits per heavy atom. The number of amides is 1. The van der Waals surface area contributed by atoms with Crippen molar-refractivity contribution in [2.24, 2.45) is 0 Å². The number of rotatable bonds is 7. The smallest absolute Gasteiger partial charge is 0.220 e. The highest BCUT2D eigenvalue weighted by Gasteiger charge is 2.04. The summed E-state index contributed by atoms with van der Waals surface area (Å²) in [6.07, 6.45) is 1.20. The summed E-state index contributed by atoms with van der Waals surface area (Å²) in [6.45, 7) is 1.11. The van der Waals surface area contributed by atoms with Crippen LogP contribution in [0, 0.1) is 0 Å². The van der Waals surface area contributed by atoms with Crippen LogP contribution < -0.4 is 5.32 Å². The van der Waals surface area contributed by atoms with E-state index < -0.39 is 0 Å². The van der Waals surface area contributed by atoms with Gasteiger partial charge in [-0.2, -0.15) is 0 Å². The second-order valence-corrected chi connectivity index (χ2v) is 4.15. The fourth-order valence-corrected chi connectivity index (χ4v) is 1.67. The first-order valence-corrected chi connectivity index (χ1v) is 6.19. The molecule has 0 saturated heterocycles. The zero-order valence-corrected chi connectivity index (χ0v) is 10.8. The molecular weight excluding hydrogens is 238 g/mol. The molecule has 1 aromatic rings. The van der Waals surface area contributed by atoms with Crippen LogP contribution in [0.5, 0.6) is 0 Å². The van der Waals surface area contributed by atoms with Gasteiger partial charge in [-0.15, -0.1) is 11.6 Å². The monoisotopic (exact) mass is 255 g/mol. The van der Waals surface area contributed by atoms with Crippen molar-refractivity contribution in [3.8, 4) is 0 Å². The third-order valence-electron chi connectivity index (χ3n) is 2.43. The summed E-state index contributed by atoms with van der Waals surface area (Å²) in [5, 5.41) is 2.88. The Kier molecular flexibility index (Phi) is 6.67. The molecule has 0 unspecified atom stereocenters. The van der Waals surface area contributed by atoms with Crippen LogP contribution in [0.25, 0.3) is 0 Å². The first kappa shape index (κ1) is 14.0. The summed E-state index contributed by atoms with van der Waals surface area (Å²) in [5.41, 5.74) is 2.20. The van der Waals surface area contributed by atoms with Crippen molar-refractivity contribution >= 4 is 17.5 Å². The Balaban J connectivity index is 2.47. The molecule has 94 valence electrons. The predicted octanol–water partition coefficient (Wildman–Crippen LogP) is 2.47. The number of carbonyl (C=O) groups excluding carboxylic acids is 1. The van der Waals surface area contributed by atoms with Gasteiger partial charge in [-0.1, -0.05) is 24.3 Å². The van der Waals surface area contributed by atoms with Crippen LogP contribution in [0.4, 0.5) is 0 Å². The molecule has 0 aliphatic carbocycles. The van der Waals surface area contributed by atoms with E-state index in [1.165, 1.54) is 0 Å². The Labute approximate surface area is 107 Å². The molecule has 0 heterocycles. The van der Waals surface area contributed by atoms with Crippen molar-refractivity contribution in [2.75, 3.05) is 13.0 Å². The standard InChI is InChI=1S/C13H18ClNO2/c1-17-10-12-6-3-2-5-11(12)9-15-13(16)7-4-8-14/h2-3,5-6H,4,7-10H2,1H3,(H,15,16). The van der Waals surface area contributed by atoms with E-state index in [4.69, 9.17) is 16.3 Å². The van der Waals surface area contributed by atoms with Crippen LogP contribution in [0.2, 0.25) is 0 Å². The molecule has 0 spiro atoms. The number of alkyl halides is 1. The zero-order valence-electron chi connectivity index (χ0n) is 10.0. The minimum atomic E-state index is 0.0397. The van der Waals surface area contributed by atoms with E-state index in [9.17, 15) is 4.79 Å². The number of hydrogen-bond donors (Lipinski definition) is 1. The third kappa shape index (κ3) is 5.20. The summed E-state index contributed by atoms with van der Waals surface area (Å²) in [5.74, 6) is 0.561. The van der Waals surface area contributed by atoms with E-state index in [0.29, 0.717) is 31.9 Å². The normalized spacial score (nSPS) is 10.2. The van der Waals surface area contributed by atoms with Crippen LogP contribution in [0.15, 0.2) is 24.3 Å². The van der Waals surface area contributed by atoms with Crippen molar-refractivity contribution in [3.05, 3.63) is 35.4 Å². The molecule has 1 amide bonds. The molecule has 0 aliphatic rings. The lowest BCUT2D eigenvalue weighted by atomic mass is 10.1. The van der Waals surface area contributed by atoms with Gasteiger partial charge in [0.1, 0.15) is 0 Å². The van der Waals surface area contributed by atoms with Crippen LogP contribution in [0.3, 0.4) is 0 Å². The fraction of sp³-hybridized carbons (Fsp3) is 0.462. The van der Waals surface area contributed by atoms with Gasteiger partial charge in [0.25, 0.3) is 0 Å². The van der Waals surface area contributed by atoms with E-state index in [-0.39, 0.29) is 5.91 Å². The number of benzene rings is 1. The molecule has 0 atom stereocenters. The number of hydrogen-bond acceptors (Lipinski definition) is 2. The second kappa shape index (κ2) is 8.09. The number of nitrogens with one attached hydrogen (secondary N) is 1. The van der Waals surface area contributed by atoms with Crippen molar-refractivity contribution in [3.63, 3.8) is 0 Å². The van der Waals surface area contributed by atoms with Gasteiger partial charge in [0.05, 0.1) is 6.61 Å². The molecule has 0 fully saturated rings. The largest absolute Gasteiger partial charge is 0.380 e. The van der Waals surface area contributed by atoms with Crippen molar-refractivity contribution < 1.29 is 9.53 Å². The summed E-state index contributed by atoms with van der Waals surface area (Å²) >= 11 is 5.53. The molecule has 17 heavy (non-hydrogen) atoms. The van der Waals surface area contributed by atoms with Gasteiger partial charge in [-0.3, -0.25) is 4.79 Å². The van der Waals surface area contributed by atoms with E-state index in [1.807, 2.05) is 24.3 Å². The van der Waals surface area contributed by atoms with Crippen LogP contribution >= 0.6 is 11.6 Å². The van der Waals surface area contributed by atoms with Crippen LogP contribution in [-0.4, -0.2) is 18.9 Å². The summed E-state index contributed by atoms with van der Waals surface area (Å²) in [7, 11) is 1.66. The van der Waals surface area contributed by atoms with E-state index >= 15 is 0 Å². The third-order valence-corrected chi connectivity index (χ3v) is 2.70. The summed E-state index contributed by atoms with van der Waals surface area (Å²) in [4.78, 5) is 11.4. The maximum atomic E-state index is 11.4. The molecular formula is C13H18ClNO2. The van der Waals surface area contributed by atoms with Gasteiger partial charge < -0.3 is 10.1 Å². The molecule has 0 aromatic heterocycles. The van der Waals surface area contributed by atoms with Crippen molar-refractivity contribution in [1.82, 2.24) is 5.32 Å². The highest BCUT2D eigenvalue weighted by molar-refractivity contribution is 6.17. The molecule has 0 aliphatic heterocycles. The predicted molar refractivity (Wildman–Crippen MR) is 69.0 cm³/mol. The molecule has 3 nitrogen and oxygen atoms in total. The van der Waals surface area contributed by atoms with E-state index in [2.05, 4.69) is 5.32 Å². The average molecular weight is 256 g/mol. The molecule has 4 heteroatoms. The first-order chi connectivity index (χ1) is 8.27. The fourth-order valence-electron chi connectivity index (χ4n) is 1.54. The van der Waals surface area contributed by atoms with Crippen LogP contribution in [0.1, 0.15) is 24.0 Å². The van der Waals surface area contributed by atoms with Gasteiger partial charge in [-0.25, -0.2) is 0 Å². The molecule has 0 saturated carbocycles. The second-order valence-electron chi connectivity index (χ2n) is 3.77. The van der Waals surface area contributed by atoms with Gasteiger partial charge in [0, 0.05) is 26.0 Å². The topological polar surface area (TPSA) is 38.3 Å². The Morgan fingerprint density at radius 3 is 2.71 bits per heavy atom. The van der Waals surface area contributed by atoms with Gasteiger partial charge in [-0.05, 0) is 17.5 Å². The molecule has 1 N–H and O–H groups in total. The lowest BCUT2D eigenvalue weighted by molar-refractivity contribution is -0.121. The minimum Gasteiger partial charge on any atom is -0.380 e. The highest BCUT2D eigenvalue weighted by atomic mass is 35.5. The maximum Gasteiger partial charge on any atom is 0.220 e. The number of halogens is 1. The first-order valence-electron chi connectivity index (χ1n) is 5.66. The minimum absolute atomic E-state index is 0.0397. The molecule has 0 radical (unpaired) electrons. The average Bonchev–Trinajstić information content (AvgIpc) is 2.35. The molecule has 1 aromatic carbocycles. The summed E-state index contributed by atoms with van der Waals surface area (Å²) < 4.78 is 5.11. The number of ether oxygens (including phenoxy) is 1.